The van der Waals surface area contributed by atoms with Gasteiger partial charge in [-0.05, 0) is 84.9 Å². The van der Waals surface area contributed by atoms with Crippen LogP contribution in [0.4, 0.5) is 0 Å². The highest BCUT2D eigenvalue weighted by molar-refractivity contribution is 5.93. The first kappa shape index (κ1) is 69.3. The molecule has 502 valence electrons. The number of hydrogen-bond acceptors (Lipinski definition) is 22. The Morgan fingerprint density at radius 3 is 0.812 bits per heavy atom. The van der Waals surface area contributed by atoms with E-state index in [0.29, 0.717) is 0 Å². The molecule has 0 bridgehead atoms. The maximum absolute atomic E-state index is 14.4. The van der Waals surface area contributed by atoms with E-state index >= 15 is 0 Å². The summed E-state index contributed by atoms with van der Waals surface area (Å²) in [6.45, 7) is 3.21. The third kappa shape index (κ3) is 18.1. The van der Waals surface area contributed by atoms with Crippen LogP contribution < -0.4 is 0 Å². The molecule has 22 heteroatoms. The summed E-state index contributed by atoms with van der Waals surface area (Å²) in [7, 11) is 0. The van der Waals surface area contributed by atoms with Crippen LogP contribution >= 0.6 is 0 Å². The molecule has 0 radical (unpaired) electrons. The lowest BCUT2D eigenvalue weighted by Crippen LogP contribution is -2.61. The van der Waals surface area contributed by atoms with Gasteiger partial charge in [-0.15, -0.1) is 0 Å². The number of carbonyl (C=O) groups is 7. The molecule has 22 nitrogen and oxygen atoms in total. The summed E-state index contributed by atoms with van der Waals surface area (Å²) < 4.78 is 89.1. The van der Waals surface area contributed by atoms with Crippen LogP contribution in [0, 0.1) is 17.8 Å². The number of esters is 7. The molecule has 1 N–H and O–H groups in total. The highest BCUT2D eigenvalue weighted by atomic mass is 16.8. The zero-order chi connectivity index (χ0) is 67.3. The lowest BCUT2D eigenvalue weighted by molar-refractivity contribution is -0.329. The lowest BCUT2D eigenvalue weighted by atomic mass is 9.89. The molecular formula is C74H74O22. The Morgan fingerprint density at radius 1 is 0.302 bits per heavy atom. The van der Waals surface area contributed by atoms with E-state index in [4.69, 9.17) is 66.3 Å². The minimum absolute atomic E-state index is 0.0114. The minimum atomic E-state index is -1.68. The maximum Gasteiger partial charge on any atom is 0.338 e. The Morgan fingerprint density at radius 2 is 0.542 bits per heavy atom. The number of carbonyl (C=O) groups excluding carboxylic acids is 7. The van der Waals surface area contributed by atoms with Crippen molar-refractivity contribution in [3.8, 4) is 0 Å². The van der Waals surface area contributed by atoms with Gasteiger partial charge in [-0.2, -0.15) is 0 Å². The molecule has 0 unspecified atom stereocenters. The molecule has 0 aromatic heterocycles. The van der Waals surface area contributed by atoms with Crippen LogP contribution in [0.1, 0.15) is 93.3 Å². The lowest BCUT2D eigenvalue weighted by Gasteiger charge is -2.47. The molecule has 0 spiro atoms. The van der Waals surface area contributed by atoms with Crippen LogP contribution in [-0.2, 0) is 66.3 Å². The molecule has 3 aliphatic heterocycles. The van der Waals surface area contributed by atoms with Crippen LogP contribution in [-0.4, -0.2) is 167 Å². The van der Waals surface area contributed by atoms with Crippen LogP contribution in [0.5, 0.6) is 0 Å². The average molecular weight is 1320 g/mol. The summed E-state index contributed by atoms with van der Waals surface area (Å²) in [5.74, 6) is -8.21. The highest BCUT2D eigenvalue weighted by Gasteiger charge is 2.55. The average Bonchev–Trinajstić information content (AvgIpc) is 0.793. The van der Waals surface area contributed by atoms with Gasteiger partial charge in [-0.25, -0.2) is 33.6 Å². The number of benzene rings is 7. The van der Waals surface area contributed by atoms with Gasteiger partial charge in [0.1, 0.15) is 31.0 Å². The number of ether oxygens (including phenoxy) is 14. The molecule has 7 aromatic rings. The molecule has 3 saturated heterocycles. The maximum atomic E-state index is 14.4. The van der Waals surface area contributed by atoms with Crippen LogP contribution in [0.2, 0.25) is 0 Å². The van der Waals surface area contributed by atoms with Gasteiger partial charge in [-0.1, -0.05) is 148 Å². The molecule has 0 amide bonds. The third-order valence-corrected chi connectivity index (χ3v) is 16.5. The standard InChI is InChI=1S/C74H74O22/c1-46-56(43-85-65(76)49-25-11-4-12-26-49)89-73(63(95-70(81)54-35-21-9-22-36-54)60(46)92-67(78)51-29-15-6-16-30-51)87-45-58-48(3)61(93-68(79)52-31-17-7-18-32-52)64(96-71(82)55-37-23-10-24-38-55)74(90-58)86-44-57-47(2)59(91-66(77)50-27-13-5-14-28-50)62(72(88-57)84-42-41-83-40-39-75)94-69(80)53-33-19-8-20-34-53/h4-38,46-48,56-64,72-75H,39-45H2,1-3H3/t46-,47-,48-,56-,57-,58-,59+,60+,61+,62-,63-,64-,72-,73-,74-/m1/s1. The molecule has 0 saturated carbocycles. The largest absolute Gasteiger partial charge is 0.459 e. The van der Waals surface area contributed by atoms with E-state index in [0.717, 1.165) is 0 Å². The van der Waals surface area contributed by atoms with Gasteiger partial charge < -0.3 is 71.4 Å². The van der Waals surface area contributed by atoms with E-state index in [1.54, 1.807) is 209 Å². The molecule has 3 heterocycles. The van der Waals surface area contributed by atoms with E-state index in [1.165, 1.54) is 24.3 Å². The molecule has 3 fully saturated rings. The van der Waals surface area contributed by atoms with Crippen molar-refractivity contribution in [3.05, 3.63) is 251 Å². The topological polar surface area (TPSA) is 269 Å². The Kier molecular flexibility index (Phi) is 24.7. The summed E-state index contributed by atoms with van der Waals surface area (Å²) in [5, 5.41) is 9.46. The monoisotopic (exact) mass is 1310 g/mol. The fourth-order valence-electron chi connectivity index (χ4n) is 11.2. The number of hydrogen-bond donors (Lipinski definition) is 1. The Labute approximate surface area is 554 Å². The molecule has 15 atom stereocenters. The molecule has 0 aliphatic carbocycles. The second-order valence-electron chi connectivity index (χ2n) is 23.0. The summed E-state index contributed by atoms with van der Waals surface area (Å²) in [5.41, 5.74) is 1.21. The SMILES string of the molecule is C[C@H]1[C@H](OC(=O)c2ccccc2)[C@@H](OC(=O)c2ccccc2)[C@H](OC[C@H]2O[C@@H](OC[C@H]3O[C@@H](OCCOCCO)[C@H](OC(=O)c4ccccc4)[C@@H](OC(=O)c4ccccc4)[C@@H]3C)[C@H](OC(=O)c3ccccc3)[C@@H](OC(=O)c3ccccc3)[C@@H]2C)O[C@@H]1COC(=O)c1ccccc1. The van der Waals surface area contributed by atoms with E-state index in [2.05, 4.69) is 0 Å². The van der Waals surface area contributed by atoms with Crippen molar-refractivity contribution >= 4 is 41.8 Å². The Bertz CT molecular complexity index is 3630. The van der Waals surface area contributed by atoms with Crippen molar-refractivity contribution in [1.82, 2.24) is 0 Å². The first-order valence-electron chi connectivity index (χ1n) is 31.5. The fourth-order valence-corrected chi connectivity index (χ4v) is 11.2. The summed E-state index contributed by atoms with van der Waals surface area (Å²) >= 11 is 0. The first-order valence-corrected chi connectivity index (χ1v) is 31.5. The zero-order valence-corrected chi connectivity index (χ0v) is 52.8. The van der Waals surface area contributed by atoms with Crippen molar-refractivity contribution in [3.63, 3.8) is 0 Å². The van der Waals surface area contributed by atoms with Crippen molar-refractivity contribution in [1.29, 1.82) is 0 Å². The van der Waals surface area contributed by atoms with Gasteiger partial charge in [0.2, 0.25) is 0 Å². The predicted octanol–water partition coefficient (Wildman–Crippen LogP) is 9.34. The zero-order valence-electron chi connectivity index (χ0n) is 52.8. The Hall–Kier alpha value is -9.49. The third-order valence-electron chi connectivity index (χ3n) is 16.5. The Balaban J connectivity index is 1.00. The van der Waals surface area contributed by atoms with Gasteiger partial charge in [0, 0.05) is 17.8 Å². The minimum Gasteiger partial charge on any atom is -0.459 e. The molecule has 3 aliphatic rings. The van der Waals surface area contributed by atoms with Gasteiger partial charge in [0.15, 0.2) is 37.2 Å². The quantitative estimate of drug-likeness (QED) is 0.0285. The van der Waals surface area contributed by atoms with Gasteiger partial charge in [0.25, 0.3) is 0 Å². The van der Waals surface area contributed by atoms with Crippen molar-refractivity contribution < 1.29 is 105 Å². The van der Waals surface area contributed by atoms with Crippen LogP contribution in [0.25, 0.3) is 0 Å². The smallest absolute Gasteiger partial charge is 0.338 e. The van der Waals surface area contributed by atoms with Gasteiger partial charge >= 0.3 is 41.8 Å². The van der Waals surface area contributed by atoms with E-state index in [-0.39, 0.29) is 72.0 Å². The highest BCUT2D eigenvalue weighted by Crippen LogP contribution is 2.38. The van der Waals surface area contributed by atoms with E-state index in [9.17, 15) is 38.7 Å². The number of aliphatic hydroxyl groups is 1. The van der Waals surface area contributed by atoms with Crippen molar-refractivity contribution in [2.24, 2.45) is 17.8 Å². The number of rotatable bonds is 27. The fraction of sp³-hybridized carbons (Fsp3) is 0.338. The van der Waals surface area contributed by atoms with Crippen molar-refractivity contribution in [2.45, 2.75) is 94.6 Å². The summed E-state index contributed by atoms with van der Waals surface area (Å²) in [4.78, 5) is 98.9. The number of aliphatic hydroxyl groups excluding tert-OH is 1. The summed E-state index contributed by atoms with van der Waals surface area (Å²) in [6.07, 6.45) is -16.8. The van der Waals surface area contributed by atoms with Crippen LogP contribution in [0.15, 0.2) is 212 Å². The molecule has 96 heavy (non-hydrogen) atoms. The second-order valence-corrected chi connectivity index (χ2v) is 23.0. The van der Waals surface area contributed by atoms with Crippen molar-refractivity contribution in [2.75, 3.05) is 46.2 Å². The first-order chi connectivity index (χ1) is 46.7. The van der Waals surface area contributed by atoms with Crippen LogP contribution in [0.3, 0.4) is 0 Å². The van der Waals surface area contributed by atoms with Gasteiger partial charge in [-0.3, -0.25) is 0 Å². The van der Waals surface area contributed by atoms with Gasteiger partial charge in [0.05, 0.1) is 90.8 Å². The normalized spacial score (nSPS) is 25.4. The predicted molar refractivity (Wildman–Crippen MR) is 340 cm³/mol. The summed E-state index contributed by atoms with van der Waals surface area (Å²) in [6, 6.07) is 57.0. The molecular weight excluding hydrogens is 1240 g/mol. The molecule has 7 aromatic carbocycles. The molecule has 10 rings (SSSR count). The van der Waals surface area contributed by atoms with E-state index in [1.807, 2.05) is 0 Å². The second kappa shape index (κ2) is 34.3. The van der Waals surface area contributed by atoms with E-state index < -0.39 is 147 Å².